The number of esters is 1. The molecule has 208 valence electrons. The van der Waals surface area contributed by atoms with Crippen molar-refractivity contribution in [3.8, 4) is 28.1 Å². The quantitative estimate of drug-likeness (QED) is 0.214. The van der Waals surface area contributed by atoms with Crippen LogP contribution in [0.15, 0.2) is 67.4 Å². The van der Waals surface area contributed by atoms with Crippen molar-refractivity contribution in [1.29, 1.82) is 0 Å². The summed E-state index contributed by atoms with van der Waals surface area (Å²) in [6.45, 7) is 9.89. The fourth-order valence-electron chi connectivity index (χ4n) is 5.45. The predicted molar refractivity (Wildman–Crippen MR) is 154 cm³/mol. The molecule has 8 heteroatoms. The number of hydrogen-bond acceptors (Lipinski definition) is 6. The van der Waals surface area contributed by atoms with Crippen molar-refractivity contribution in [2.45, 2.75) is 38.7 Å². The second-order valence-corrected chi connectivity index (χ2v) is 10.5. The first-order chi connectivity index (χ1) is 19.2. The number of ether oxygens (including phenoxy) is 2. The average molecular weight is 544 g/mol. The van der Waals surface area contributed by atoms with E-state index < -0.39 is 5.82 Å². The molecule has 0 radical (unpaired) electrons. The molecule has 40 heavy (non-hydrogen) atoms. The predicted octanol–water partition coefficient (Wildman–Crippen LogP) is 6.10. The van der Waals surface area contributed by atoms with Gasteiger partial charge in [0.05, 0.1) is 48.2 Å². The highest BCUT2D eigenvalue weighted by molar-refractivity contribution is 5.86. The van der Waals surface area contributed by atoms with Crippen molar-refractivity contribution in [1.82, 2.24) is 9.61 Å². The van der Waals surface area contributed by atoms with Gasteiger partial charge in [0.25, 0.3) is 0 Å². The molecule has 0 aliphatic carbocycles. The number of carbonyl (C=O) groups excluding carboxylic acids is 1. The summed E-state index contributed by atoms with van der Waals surface area (Å²) in [6.07, 6.45) is 5.50. The standard InChI is InChI=1S/C32H34FN3O4/c1-5-16-40-32(3)12-14-35(15-13-32)31-24(18-29(38)39-4)21(2)20-36-27(31)19-26(34-36)22-8-6-9-23(17-22)30-25(33)10-7-11-28(30)37/h5-11,17,19-20,37H,1,12-16,18H2,2-4H3. The lowest BCUT2D eigenvalue weighted by Crippen LogP contribution is -2.45. The van der Waals surface area contributed by atoms with Crippen LogP contribution in [0, 0.1) is 12.7 Å². The third kappa shape index (κ3) is 5.31. The topological polar surface area (TPSA) is 76.3 Å². The second-order valence-electron chi connectivity index (χ2n) is 10.5. The Morgan fingerprint density at radius 1 is 1.18 bits per heavy atom. The van der Waals surface area contributed by atoms with Crippen LogP contribution in [0.1, 0.15) is 30.9 Å². The van der Waals surface area contributed by atoms with Crippen LogP contribution in [0.5, 0.6) is 5.75 Å². The van der Waals surface area contributed by atoms with Crippen molar-refractivity contribution in [2.24, 2.45) is 0 Å². The van der Waals surface area contributed by atoms with Crippen molar-refractivity contribution < 1.29 is 23.8 Å². The van der Waals surface area contributed by atoms with Crippen LogP contribution in [-0.4, -0.2) is 53.1 Å². The molecule has 0 saturated carbocycles. The summed E-state index contributed by atoms with van der Waals surface area (Å²) >= 11 is 0. The zero-order valence-corrected chi connectivity index (χ0v) is 23.1. The molecule has 0 atom stereocenters. The summed E-state index contributed by atoms with van der Waals surface area (Å²) in [5.74, 6) is -0.916. The molecule has 3 heterocycles. The molecule has 1 saturated heterocycles. The summed E-state index contributed by atoms with van der Waals surface area (Å²) < 4.78 is 27.6. The molecule has 2 aromatic heterocycles. The SMILES string of the molecule is C=CCOC1(C)CCN(c2c(CC(=O)OC)c(C)cn3nc(-c4cccc(-c5c(O)cccc5F)c4)cc23)CC1. The molecule has 7 nitrogen and oxygen atoms in total. The third-order valence-electron chi connectivity index (χ3n) is 7.73. The molecule has 1 fully saturated rings. The Morgan fingerprint density at radius 3 is 2.60 bits per heavy atom. The smallest absolute Gasteiger partial charge is 0.310 e. The highest BCUT2D eigenvalue weighted by Crippen LogP contribution is 2.38. The lowest BCUT2D eigenvalue weighted by atomic mass is 9.92. The van der Waals surface area contributed by atoms with Crippen molar-refractivity contribution in [3.63, 3.8) is 0 Å². The molecule has 1 aliphatic rings. The third-order valence-corrected chi connectivity index (χ3v) is 7.73. The number of piperidine rings is 1. The Bertz CT molecular complexity index is 1550. The van der Waals surface area contributed by atoms with Crippen LogP contribution in [0.25, 0.3) is 27.9 Å². The van der Waals surface area contributed by atoms with Crippen LogP contribution >= 0.6 is 0 Å². The van der Waals surface area contributed by atoms with E-state index in [9.17, 15) is 14.3 Å². The number of halogens is 1. The maximum atomic E-state index is 14.6. The van der Waals surface area contributed by atoms with Gasteiger partial charge in [0.1, 0.15) is 11.6 Å². The zero-order chi connectivity index (χ0) is 28.4. The number of carbonyl (C=O) groups is 1. The van der Waals surface area contributed by atoms with Crippen LogP contribution in [0.3, 0.4) is 0 Å². The Morgan fingerprint density at radius 2 is 1.90 bits per heavy atom. The summed E-state index contributed by atoms with van der Waals surface area (Å²) in [5.41, 5.74) is 5.62. The monoisotopic (exact) mass is 543 g/mol. The van der Waals surface area contributed by atoms with Crippen molar-refractivity contribution in [3.05, 3.63) is 84.3 Å². The fourth-order valence-corrected chi connectivity index (χ4v) is 5.45. The Kier molecular flexibility index (Phi) is 7.63. The van der Waals surface area contributed by atoms with Gasteiger partial charge in [-0.3, -0.25) is 4.79 Å². The van der Waals surface area contributed by atoms with Gasteiger partial charge in [-0.2, -0.15) is 5.10 Å². The number of aryl methyl sites for hydroxylation is 1. The van der Waals surface area contributed by atoms with Gasteiger partial charge in [0, 0.05) is 24.8 Å². The number of nitrogens with zero attached hydrogens (tertiary/aromatic N) is 3. The number of aromatic nitrogens is 2. The average Bonchev–Trinajstić information content (AvgIpc) is 3.36. The van der Waals surface area contributed by atoms with E-state index in [0.717, 1.165) is 53.8 Å². The molecule has 4 aromatic rings. The number of fused-ring (bicyclic) bond motifs is 1. The van der Waals surface area contributed by atoms with Crippen molar-refractivity contribution >= 4 is 17.2 Å². The molecule has 5 rings (SSSR count). The molecule has 0 spiro atoms. The normalized spacial score (nSPS) is 14.8. The van der Waals surface area contributed by atoms with Gasteiger partial charge >= 0.3 is 5.97 Å². The minimum absolute atomic E-state index is 0.119. The van der Waals surface area contributed by atoms with Crippen LogP contribution < -0.4 is 4.90 Å². The van der Waals surface area contributed by atoms with Crippen LogP contribution in [0.4, 0.5) is 10.1 Å². The molecular formula is C32H34FN3O4. The number of rotatable bonds is 8. The molecule has 0 unspecified atom stereocenters. The van der Waals surface area contributed by atoms with Crippen molar-refractivity contribution in [2.75, 3.05) is 31.7 Å². The van der Waals surface area contributed by atoms with Gasteiger partial charge in [-0.15, -0.1) is 6.58 Å². The summed E-state index contributed by atoms with van der Waals surface area (Å²) in [4.78, 5) is 14.7. The number of pyridine rings is 1. The van der Waals surface area contributed by atoms with E-state index in [2.05, 4.69) is 18.4 Å². The largest absolute Gasteiger partial charge is 0.507 e. The molecule has 2 aromatic carbocycles. The minimum atomic E-state index is -0.494. The molecule has 1 N–H and O–H groups in total. The molecular weight excluding hydrogens is 509 g/mol. The van der Waals surface area contributed by atoms with E-state index in [4.69, 9.17) is 14.6 Å². The van der Waals surface area contributed by atoms with E-state index in [1.165, 1.54) is 25.3 Å². The highest BCUT2D eigenvalue weighted by Gasteiger charge is 2.33. The van der Waals surface area contributed by atoms with Gasteiger partial charge in [-0.25, -0.2) is 8.91 Å². The van der Waals surface area contributed by atoms with Gasteiger partial charge in [-0.1, -0.05) is 30.3 Å². The van der Waals surface area contributed by atoms with E-state index in [0.29, 0.717) is 17.9 Å². The molecule has 0 bridgehead atoms. The summed E-state index contributed by atoms with van der Waals surface area (Å²) in [6, 6.07) is 13.6. The number of aromatic hydroxyl groups is 1. The first-order valence-corrected chi connectivity index (χ1v) is 13.4. The maximum Gasteiger partial charge on any atom is 0.310 e. The zero-order valence-electron chi connectivity index (χ0n) is 23.1. The first kappa shape index (κ1) is 27.4. The number of methoxy groups -OCH3 is 1. The Labute approximate surface area is 233 Å². The molecule has 1 aliphatic heterocycles. The maximum absolute atomic E-state index is 14.6. The van der Waals surface area contributed by atoms with Gasteiger partial charge < -0.3 is 19.5 Å². The Balaban J connectivity index is 1.59. The molecule has 0 amide bonds. The number of phenolic OH excluding ortho intramolecular Hbond substituents is 1. The van der Waals surface area contributed by atoms with Gasteiger partial charge in [0.15, 0.2) is 0 Å². The number of benzene rings is 2. The second kappa shape index (κ2) is 11.1. The van der Waals surface area contributed by atoms with E-state index in [1.807, 2.05) is 41.9 Å². The highest BCUT2D eigenvalue weighted by atomic mass is 19.1. The number of phenols is 1. The van der Waals surface area contributed by atoms with E-state index in [1.54, 1.807) is 12.1 Å². The minimum Gasteiger partial charge on any atom is -0.507 e. The van der Waals surface area contributed by atoms with Gasteiger partial charge in [0.2, 0.25) is 0 Å². The summed E-state index contributed by atoms with van der Waals surface area (Å²) in [5, 5.41) is 15.2. The summed E-state index contributed by atoms with van der Waals surface area (Å²) in [7, 11) is 1.40. The first-order valence-electron chi connectivity index (χ1n) is 13.4. The van der Waals surface area contributed by atoms with Crippen LogP contribution in [-0.2, 0) is 20.7 Å². The van der Waals surface area contributed by atoms with Gasteiger partial charge in [-0.05, 0) is 67.6 Å². The van der Waals surface area contributed by atoms with Crippen LogP contribution in [0.2, 0.25) is 0 Å². The van der Waals surface area contributed by atoms with E-state index >= 15 is 0 Å². The van der Waals surface area contributed by atoms with E-state index in [-0.39, 0.29) is 29.3 Å². The number of hydrogen-bond donors (Lipinski definition) is 1. The lowest BCUT2D eigenvalue weighted by Gasteiger charge is -2.41. The Hall–Kier alpha value is -4.17. The fraction of sp³-hybridized carbons (Fsp3) is 0.312. The lowest BCUT2D eigenvalue weighted by molar-refractivity contribution is -0.139. The number of anilines is 1.